The average molecular weight is 498 g/mol. The van der Waals surface area contributed by atoms with E-state index in [2.05, 4.69) is 15.3 Å². The number of unbranched alkanes of at least 4 members (excludes halogenated alkanes) is 1. The molecule has 2 amide bonds. The topological polar surface area (TPSA) is 107 Å². The Kier molecular flexibility index (Phi) is 10.4. The summed E-state index contributed by atoms with van der Waals surface area (Å²) in [6.07, 6.45) is 1.19. The van der Waals surface area contributed by atoms with Crippen LogP contribution in [0.5, 0.6) is 0 Å². The summed E-state index contributed by atoms with van der Waals surface area (Å²) in [6.45, 7) is 1.57. The van der Waals surface area contributed by atoms with Crippen LogP contribution < -0.4 is 5.32 Å². The highest BCUT2D eigenvalue weighted by molar-refractivity contribution is 7.10. The molecule has 0 bridgehead atoms. The summed E-state index contributed by atoms with van der Waals surface area (Å²) < 4.78 is 5.19. The van der Waals surface area contributed by atoms with E-state index in [0.29, 0.717) is 38.9 Å². The first-order chi connectivity index (χ1) is 16.7. The summed E-state index contributed by atoms with van der Waals surface area (Å²) in [4.78, 5) is 31.9. The number of hydrogen-bond donors (Lipinski definition) is 1. The van der Waals surface area contributed by atoms with Crippen molar-refractivity contribution in [2.75, 3.05) is 6.54 Å². The summed E-state index contributed by atoms with van der Waals surface area (Å²) in [5.41, 5.74) is 9.95. The van der Waals surface area contributed by atoms with Gasteiger partial charge in [-0.3, -0.25) is 4.79 Å². The summed E-state index contributed by atoms with van der Waals surface area (Å²) in [5.74, 6) is -0.185. The molecule has 178 valence electrons. The van der Waals surface area contributed by atoms with Crippen molar-refractivity contribution in [3.63, 3.8) is 0 Å². The van der Waals surface area contributed by atoms with Gasteiger partial charge in [-0.05, 0) is 46.8 Å². The number of nitrogens with zero attached hydrogens (tertiary/aromatic N) is 4. The van der Waals surface area contributed by atoms with Gasteiger partial charge in [0.25, 0.3) is 0 Å². The fraction of sp³-hybridized carbons (Fsp3) is 0.333. The van der Waals surface area contributed by atoms with Gasteiger partial charge in [-0.2, -0.15) is 0 Å². The Morgan fingerprint density at radius 2 is 1.68 bits per heavy atom. The van der Waals surface area contributed by atoms with E-state index in [4.69, 9.17) is 10.3 Å². The second-order valence-corrected chi connectivity index (χ2v) is 9.62. The molecule has 0 radical (unpaired) electrons. The normalized spacial score (nSPS) is 11.3. The van der Waals surface area contributed by atoms with Crippen molar-refractivity contribution in [2.24, 2.45) is 5.11 Å². The van der Waals surface area contributed by atoms with Crippen LogP contribution in [-0.2, 0) is 29.2 Å². The molecule has 0 unspecified atom stereocenters. The molecule has 1 N–H and O–H groups in total. The number of hydrogen-bond acceptors (Lipinski definition) is 6. The quantitative estimate of drug-likeness (QED) is 0.133. The Hall–Kier alpha value is -3.33. The first-order valence-corrected chi connectivity index (χ1v) is 12.7. The highest BCUT2D eigenvalue weighted by Gasteiger charge is 2.24. The van der Waals surface area contributed by atoms with E-state index in [1.165, 1.54) is 0 Å². The summed E-state index contributed by atoms with van der Waals surface area (Å²) in [7, 11) is 0. The fourth-order valence-electron chi connectivity index (χ4n) is 3.32. The maximum absolute atomic E-state index is 13.3. The van der Waals surface area contributed by atoms with Gasteiger partial charge in [-0.1, -0.05) is 54.0 Å². The fourth-order valence-corrected chi connectivity index (χ4v) is 4.76. The van der Waals surface area contributed by atoms with Crippen molar-refractivity contribution < 1.29 is 14.3 Å². The molecule has 8 nitrogen and oxygen atoms in total. The molecule has 0 spiro atoms. The Morgan fingerprint density at radius 1 is 1.00 bits per heavy atom. The number of carbonyl (C=O) groups is 2. The lowest BCUT2D eigenvalue weighted by Gasteiger charge is -2.25. The Balaban J connectivity index is 1.46. The zero-order chi connectivity index (χ0) is 24.0. The third-order valence-corrected chi connectivity index (χ3v) is 6.75. The lowest BCUT2D eigenvalue weighted by molar-refractivity contribution is -0.133. The minimum absolute atomic E-state index is 0.185. The van der Waals surface area contributed by atoms with Crippen LogP contribution in [-0.4, -0.2) is 29.5 Å². The van der Waals surface area contributed by atoms with E-state index in [0.717, 1.165) is 15.3 Å². The summed E-state index contributed by atoms with van der Waals surface area (Å²) in [6, 6.07) is 16.6. The number of amides is 2. The molecule has 1 atom stereocenters. The van der Waals surface area contributed by atoms with Crippen LogP contribution >= 0.6 is 22.7 Å². The zero-order valence-corrected chi connectivity index (χ0v) is 20.3. The minimum Gasteiger partial charge on any atom is -0.445 e. The molecule has 3 aromatic rings. The number of nitrogens with one attached hydrogen (secondary N) is 1. The number of carbonyl (C=O) groups excluding carboxylic acids is 2. The molecule has 0 saturated carbocycles. The predicted molar refractivity (Wildman–Crippen MR) is 134 cm³/mol. The average Bonchev–Trinajstić information content (AvgIpc) is 3.56. The molecule has 34 heavy (non-hydrogen) atoms. The van der Waals surface area contributed by atoms with Crippen molar-refractivity contribution in [1.82, 2.24) is 10.2 Å². The molecular weight excluding hydrogens is 470 g/mol. The van der Waals surface area contributed by atoms with Gasteiger partial charge in [0.15, 0.2) is 0 Å². The second kappa shape index (κ2) is 14.0. The van der Waals surface area contributed by atoms with Gasteiger partial charge >= 0.3 is 6.09 Å². The number of alkyl carbamates (subject to hydrolysis) is 1. The van der Waals surface area contributed by atoms with Crippen LogP contribution in [0.3, 0.4) is 0 Å². The Morgan fingerprint density at radius 3 is 2.26 bits per heavy atom. The van der Waals surface area contributed by atoms with Crippen molar-refractivity contribution in [3.05, 3.63) is 91.1 Å². The zero-order valence-electron chi connectivity index (χ0n) is 18.7. The van der Waals surface area contributed by atoms with Crippen molar-refractivity contribution in [1.29, 1.82) is 0 Å². The highest BCUT2D eigenvalue weighted by atomic mass is 32.1. The van der Waals surface area contributed by atoms with Crippen molar-refractivity contribution >= 4 is 34.7 Å². The third-order valence-electron chi connectivity index (χ3n) is 5.03. The van der Waals surface area contributed by atoms with E-state index in [1.54, 1.807) is 27.6 Å². The van der Waals surface area contributed by atoms with Crippen LogP contribution in [0.2, 0.25) is 0 Å². The number of thiophene rings is 2. The van der Waals surface area contributed by atoms with Gasteiger partial charge in [-0.25, -0.2) is 4.79 Å². The van der Waals surface area contributed by atoms with Gasteiger partial charge in [0.2, 0.25) is 5.91 Å². The van der Waals surface area contributed by atoms with Gasteiger partial charge < -0.3 is 15.0 Å². The molecule has 3 rings (SSSR count). The molecular formula is C24H27N5O3S2. The van der Waals surface area contributed by atoms with Gasteiger partial charge in [0, 0.05) is 21.2 Å². The first-order valence-electron chi connectivity index (χ1n) is 11.0. The maximum atomic E-state index is 13.3. The van der Waals surface area contributed by atoms with E-state index in [9.17, 15) is 9.59 Å². The third kappa shape index (κ3) is 8.55. The number of benzene rings is 1. The molecule has 1 aromatic carbocycles. The van der Waals surface area contributed by atoms with E-state index in [-0.39, 0.29) is 12.5 Å². The van der Waals surface area contributed by atoms with Crippen molar-refractivity contribution in [3.8, 4) is 0 Å². The monoisotopic (exact) mass is 497 g/mol. The van der Waals surface area contributed by atoms with Gasteiger partial charge in [0.05, 0.1) is 13.1 Å². The number of azide groups is 1. The SMILES string of the molecule is [N-]=[N+]=N[C@H](CCCCNC(=O)OCc1ccccc1)C(=O)N(Cc1cccs1)Cc1cccs1. The summed E-state index contributed by atoms with van der Waals surface area (Å²) in [5, 5.41) is 10.5. The number of rotatable bonds is 13. The second-order valence-electron chi connectivity index (χ2n) is 7.56. The first kappa shape index (κ1) is 25.3. The molecule has 0 aliphatic rings. The Labute approximate surface area is 206 Å². The molecule has 2 aromatic heterocycles. The lowest BCUT2D eigenvalue weighted by atomic mass is 10.1. The Bertz CT molecular complexity index is 1020. The lowest BCUT2D eigenvalue weighted by Crippen LogP contribution is -2.37. The van der Waals surface area contributed by atoms with Crippen molar-refractivity contribution in [2.45, 2.75) is 45.0 Å². The summed E-state index contributed by atoms with van der Waals surface area (Å²) >= 11 is 3.18. The molecule has 2 heterocycles. The molecule has 0 aliphatic carbocycles. The molecule has 0 saturated heterocycles. The largest absolute Gasteiger partial charge is 0.445 e. The van der Waals surface area contributed by atoms with Crippen LogP contribution in [0.4, 0.5) is 4.79 Å². The van der Waals surface area contributed by atoms with E-state index >= 15 is 0 Å². The van der Waals surface area contributed by atoms with E-state index in [1.807, 2.05) is 65.4 Å². The highest BCUT2D eigenvalue weighted by Crippen LogP contribution is 2.20. The molecule has 10 heteroatoms. The predicted octanol–water partition coefficient (Wildman–Crippen LogP) is 6.11. The van der Waals surface area contributed by atoms with Crippen LogP contribution in [0.1, 0.15) is 34.6 Å². The molecule has 0 aliphatic heterocycles. The van der Waals surface area contributed by atoms with Crippen LogP contribution in [0.25, 0.3) is 10.4 Å². The van der Waals surface area contributed by atoms with Gasteiger partial charge in [0.1, 0.15) is 12.6 Å². The maximum Gasteiger partial charge on any atom is 0.407 e. The molecule has 0 fully saturated rings. The van der Waals surface area contributed by atoms with Crippen LogP contribution in [0, 0.1) is 0 Å². The van der Waals surface area contributed by atoms with E-state index < -0.39 is 12.1 Å². The minimum atomic E-state index is -0.782. The number of ether oxygens (including phenoxy) is 1. The smallest absolute Gasteiger partial charge is 0.407 e. The standard InChI is InChI=1S/C24H27N5O3S2/c25-28-27-22(12-4-5-13-26-24(31)32-18-19-8-2-1-3-9-19)23(30)29(16-20-10-6-14-33-20)17-21-11-7-15-34-21/h1-3,6-11,14-15,22H,4-5,12-13,16-18H2,(H,26,31)/t22-/m1/s1. The van der Waals surface area contributed by atoms with Gasteiger partial charge in [-0.15, -0.1) is 22.7 Å². The van der Waals surface area contributed by atoms with Crippen LogP contribution in [0.15, 0.2) is 70.5 Å².